The highest BCUT2D eigenvalue weighted by Gasteiger charge is 2.32. The first-order valence-electron chi connectivity index (χ1n) is 13.3. The van der Waals surface area contributed by atoms with E-state index < -0.39 is 5.95 Å². The zero-order valence-electron chi connectivity index (χ0n) is 21.8. The summed E-state index contributed by atoms with van der Waals surface area (Å²) in [6, 6.07) is 17.1. The number of fused-ring (bicyclic) bond motifs is 1. The molecule has 2 N–H and O–H groups in total. The van der Waals surface area contributed by atoms with Gasteiger partial charge >= 0.3 is 0 Å². The predicted molar refractivity (Wildman–Crippen MR) is 149 cm³/mol. The van der Waals surface area contributed by atoms with Gasteiger partial charge in [-0.3, -0.25) is 14.3 Å². The molecule has 1 atom stereocenters. The van der Waals surface area contributed by atoms with Gasteiger partial charge in [-0.1, -0.05) is 36.4 Å². The molecule has 6 rings (SSSR count). The number of likely N-dealkylation sites (tertiary alicyclic amines) is 1. The van der Waals surface area contributed by atoms with Crippen LogP contribution in [0.15, 0.2) is 73.1 Å². The summed E-state index contributed by atoms with van der Waals surface area (Å²) in [5.41, 5.74) is 7.68. The average molecular weight is 527 g/mol. The van der Waals surface area contributed by atoms with Crippen molar-refractivity contribution in [3.8, 4) is 22.6 Å². The van der Waals surface area contributed by atoms with E-state index in [0.29, 0.717) is 53.5 Å². The van der Waals surface area contributed by atoms with Gasteiger partial charge in [0.15, 0.2) is 0 Å². The quantitative estimate of drug-likeness (QED) is 0.324. The van der Waals surface area contributed by atoms with Crippen LogP contribution in [0.4, 0.5) is 10.2 Å². The number of benzene rings is 2. The molecule has 2 aromatic carbocycles. The lowest BCUT2D eigenvalue weighted by atomic mass is 10.1. The summed E-state index contributed by atoms with van der Waals surface area (Å²) >= 11 is 0. The third-order valence-corrected chi connectivity index (χ3v) is 7.54. The molecule has 0 bridgehead atoms. The van der Waals surface area contributed by atoms with Gasteiger partial charge in [0, 0.05) is 37.3 Å². The first-order valence-corrected chi connectivity index (χ1v) is 13.3. The van der Waals surface area contributed by atoms with E-state index >= 15 is 4.39 Å². The SMILES string of the molecule is CN(C/C=C/C(=O)N1CC[C@@H](n2c(F)c(-c3ccc(Oc4ccccc4)cc3)c3c(N)ncnc32)C1)C1CC1. The third-order valence-electron chi connectivity index (χ3n) is 7.54. The molecule has 1 saturated carbocycles. The molecule has 3 heterocycles. The summed E-state index contributed by atoms with van der Waals surface area (Å²) in [6.45, 7) is 1.70. The molecule has 0 spiro atoms. The van der Waals surface area contributed by atoms with Crippen molar-refractivity contribution in [2.24, 2.45) is 0 Å². The second-order valence-electron chi connectivity index (χ2n) is 10.2. The van der Waals surface area contributed by atoms with E-state index in [1.165, 1.54) is 19.2 Å². The third kappa shape index (κ3) is 5.09. The normalized spacial score (nSPS) is 17.5. The Morgan fingerprint density at radius 2 is 1.85 bits per heavy atom. The Morgan fingerprint density at radius 3 is 2.59 bits per heavy atom. The number of hydrogen-bond donors (Lipinski definition) is 1. The van der Waals surface area contributed by atoms with E-state index in [9.17, 15) is 4.79 Å². The Morgan fingerprint density at radius 1 is 1.10 bits per heavy atom. The molecular weight excluding hydrogens is 495 g/mol. The monoisotopic (exact) mass is 526 g/mol. The number of hydrogen-bond acceptors (Lipinski definition) is 6. The number of ether oxygens (including phenoxy) is 1. The second-order valence-corrected chi connectivity index (χ2v) is 10.2. The number of nitrogens with two attached hydrogens (primary N) is 1. The van der Waals surface area contributed by atoms with Crippen LogP contribution in [0.25, 0.3) is 22.2 Å². The average Bonchev–Trinajstić information content (AvgIpc) is 3.61. The van der Waals surface area contributed by atoms with E-state index in [1.54, 1.807) is 39.8 Å². The first kappa shape index (κ1) is 25.1. The van der Waals surface area contributed by atoms with Gasteiger partial charge in [0.05, 0.1) is 11.4 Å². The van der Waals surface area contributed by atoms with Crippen LogP contribution in [0.3, 0.4) is 0 Å². The van der Waals surface area contributed by atoms with Crippen LogP contribution in [0.2, 0.25) is 0 Å². The molecule has 9 heteroatoms. The van der Waals surface area contributed by atoms with Gasteiger partial charge in [-0.15, -0.1) is 0 Å². The lowest BCUT2D eigenvalue weighted by Gasteiger charge is -2.17. The number of rotatable bonds is 8. The number of carbonyl (C=O) groups excluding carboxylic acids is 1. The zero-order chi connectivity index (χ0) is 26.9. The highest BCUT2D eigenvalue weighted by Crippen LogP contribution is 2.39. The number of para-hydroxylation sites is 1. The minimum Gasteiger partial charge on any atom is -0.457 e. The van der Waals surface area contributed by atoms with Gasteiger partial charge in [-0.25, -0.2) is 9.97 Å². The fourth-order valence-corrected chi connectivity index (χ4v) is 5.28. The van der Waals surface area contributed by atoms with Crippen LogP contribution < -0.4 is 10.5 Å². The molecule has 8 nitrogen and oxygen atoms in total. The number of anilines is 1. The number of nitrogens with zero attached hydrogens (tertiary/aromatic N) is 5. The lowest BCUT2D eigenvalue weighted by molar-refractivity contribution is -0.125. The summed E-state index contributed by atoms with van der Waals surface area (Å²) in [5.74, 6) is 1.08. The topological polar surface area (TPSA) is 89.5 Å². The Hall–Kier alpha value is -4.24. The van der Waals surface area contributed by atoms with Crippen molar-refractivity contribution in [3.05, 3.63) is 79.0 Å². The molecule has 1 aliphatic carbocycles. The zero-order valence-corrected chi connectivity index (χ0v) is 21.8. The van der Waals surface area contributed by atoms with Crippen molar-refractivity contribution >= 4 is 22.8 Å². The van der Waals surface area contributed by atoms with Crippen LogP contribution in [-0.2, 0) is 4.79 Å². The van der Waals surface area contributed by atoms with Crippen LogP contribution in [-0.4, -0.2) is 63.0 Å². The fourth-order valence-electron chi connectivity index (χ4n) is 5.28. The van der Waals surface area contributed by atoms with Crippen molar-refractivity contribution in [2.75, 3.05) is 32.4 Å². The molecule has 39 heavy (non-hydrogen) atoms. The number of carbonyl (C=O) groups is 1. The molecule has 0 unspecified atom stereocenters. The van der Waals surface area contributed by atoms with Crippen molar-refractivity contribution in [1.82, 2.24) is 24.3 Å². The highest BCUT2D eigenvalue weighted by molar-refractivity contribution is 6.01. The van der Waals surface area contributed by atoms with E-state index in [2.05, 4.69) is 21.9 Å². The van der Waals surface area contributed by atoms with E-state index in [0.717, 1.165) is 12.3 Å². The number of aromatic nitrogens is 3. The van der Waals surface area contributed by atoms with Crippen molar-refractivity contribution < 1.29 is 13.9 Å². The maximum Gasteiger partial charge on any atom is 0.246 e. The van der Waals surface area contributed by atoms with Crippen LogP contribution in [0, 0.1) is 5.95 Å². The molecule has 1 amide bonds. The Labute approximate surface area is 226 Å². The summed E-state index contributed by atoms with van der Waals surface area (Å²) in [5, 5.41) is 0.472. The van der Waals surface area contributed by atoms with Gasteiger partial charge in [-0.2, -0.15) is 4.39 Å². The van der Waals surface area contributed by atoms with Crippen molar-refractivity contribution in [3.63, 3.8) is 0 Å². The number of amides is 1. The van der Waals surface area contributed by atoms with E-state index in [-0.39, 0.29) is 17.8 Å². The molecular formula is C30H31FN6O2. The van der Waals surface area contributed by atoms with Gasteiger partial charge in [0.25, 0.3) is 0 Å². The van der Waals surface area contributed by atoms with Gasteiger partial charge in [0.2, 0.25) is 11.9 Å². The number of likely N-dealkylation sites (N-methyl/N-ethyl adjacent to an activating group) is 1. The predicted octanol–water partition coefficient (Wildman–Crippen LogP) is 5.04. The smallest absolute Gasteiger partial charge is 0.246 e. The van der Waals surface area contributed by atoms with Crippen LogP contribution in [0.5, 0.6) is 11.5 Å². The van der Waals surface area contributed by atoms with Crippen LogP contribution in [0.1, 0.15) is 25.3 Å². The Kier molecular flexibility index (Phi) is 6.74. The standard InChI is InChI=1S/C30H31FN6O2/c1-35(21-11-12-21)16-5-8-25(38)36-17-15-22(18-36)37-28(31)26(27-29(32)33-19-34-30(27)37)20-9-13-24(14-10-20)39-23-6-3-2-4-7-23/h2-10,13-14,19,21-22H,11-12,15-18H2,1H3,(H2,32,33,34)/b8-5+/t22-/m1/s1. The minimum absolute atomic E-state index is 0.0538. The largest absolute Gasteiger partial charge is 0.457 e. The molecule has 2 fully saturated rings. The first-order chi connectivity index (χ1) is 19.0. The van der Waals surface area contributed by atoms with Crippen molar-refractivity contribution in [2.45, 2.75) is 31.3 Å². The maximum atomic E-state index is 16.2. The van der Waals surface area contributed by atoms with E-state index in [4.69, 9.17) is 10.5 Å². The summed E-state index contributed by atoms with van der Waals surface area (Å²) in [7, 11) is 2.08. The second kappa shape index (κ2) is 10.5. The fraction of sp³-hybridized carbons (Fsp3) is 0.300. The van der Waals surface area contributed by atoms with Crippen LogP contribution >= 0.6 is 0 Å². The Balaban J connectivity index is 1.25. The van der Waals surface area contributed by atoms with Gasteiger partial charge in [-0.05, 0) is 56.1 Å². The highest BCUT2D eigenvalue weighted by atomic mass is 19.1. The van der Waals surface area contributed by atoms with E-state index in [1.807, 2.05) is 36.4 Å². The summed E-state index contributed by atoms with van der Waals surface area (Å²) in [4.78, 5) is 25.4. The molecule has 1 saturated heterocycles. The Bertz CT molecular complexity index is 1510. The lowest BCUT2D eigenvalue weighted by Crippen LogP contribution is -2.28. The molecule has 0 radical (unpaired) electrons. The molecule has 2 aromatic heterocycles. The van der Waals surface area contributed by atoms with Gasteiger partial charge in [0.1, 0.15) is 29.3 Å². The molecule has 1 aliphatic heterocycles. The molecule has 4 aromatic rings. The number of halogens is 1. The van der Waals surface area contributed by atoms with Gasteiger partial charge < -0.3 is 15.4 Å². The minimum atomic E-state index is -0.435. The number of nitrogen functional groups attached to an aromatic ring is 1. The molecule has 200 valence electrons. The molecule has 2 aliphatic rings. The summed E-state index contributed by atoms with van der Waals surface area (Å²) < 4.78 is 23.7. The summed E-state index contributed by atoms with van der Waals surface area (Å²) in [6.07, 6.45) is 7.97. The maximum absolute atomic E-state index is 16.2. The van der Waals surface area contributed by atoms with Crippen molar-refractivity contribution in [1.29, 1.82) is 0 Å².